The highest BCUT2D eigenvalue weighted by molar-refractivity contribution is 4.67. The lowest BCUT2D eigenvalue weighted by Crippen LogP contribution is -1.91. The van der Waals surface area contributed by atoms with Gasteiger partial charge in [-0.1, -0.05) is 104 Å². The van der Waals surface area contributed by atoms with Gasteiger partial charge in [0.15, 0.2) is 0 Å². The van der Waals surface area contributed by atoms with E-state index < -0.39 is 0 Å². The van der Waals surface area contributed by atoms with Crippen molar-refractivity contribution in [1.82, 2.24) is 0 Å². The first-order chi connectivity index (χ1) is 10.3. The summed E-state index contributed by atoms with van der Waals surface area (Å²) in [5, 5.41) is 8.44. The highest BCUT2D eigenvalue weighted by Crippen LogP contribution is 2.15. The summed E-state index contributed by atoms with van der Waals surface area (Å²) in [5.41, 5.74) is 0. The Bertz CT molecular complexity index is 228. The number of hydrogen-bond acceptors (Lipinski definition) is 1. The van der Waals surface area contributed by atoms with Crippen LogP contribution in [0.3, 0.4) is 0 Å². The molecule has 0 fully saturated rings. The molecule has 0 aromatic heterocycles. The Morgan fingerprint density at radius 1 is 0.667 bits per heavy atom. The SMILES string of the molecule is CCC(C)CCCCCCCCCCCCCCCC#N. The van der Waals surface area contributed by atoms with Gasteiger partial charge < -0.3 is 0 Å². The highest BCUT2D eigenvalue weighted by atomic mass is 14.2. The van der Waals surface area contributed by atoms with Crippen LogP contribution in [-0.2, 0) is 0 Å². The lowest BCUT2D eigenvalue weighted by Gasteiger charge is -2.07. The van der Waals surface area contributed by atoms with Crippen LogP contribution < -0.4 is 0 Å². The summed E-state index contributed by atoms with van der Waals surface area (Å²) in [6.45, 7) is 4.68. The molecule has 1 atom stereocenters. The second-order valence-corrected chi connectivity index (χ2v) is 6.81. The quantitative estimate of drug-likeness (QED) is 0.272. The fourth-order valence-electron chi connectivity index (χ4n) is 2.85. The molecule has 0 heterocycles. The Morgan fingerprint density at radius 2 is 1.05 bits per heavy atom. The largest absolute Gasteiger partial charge is 0.198 e. The van der Waals surface area contributed by atoms with Gasteiger partial charge >= 0.3 is 0 Å². The molecule has 0 aromatic carbocycles. The summed E-state index contributed by atoms with van der Waals surface area (Å²) in [4.78, 5) is 0. The Hall–Kier alpha value is -0.510. The maximum absolute atomic E-state index is 8.44. The molecule has 0 aliphatic carbocycles. The van der Waals surface area contributed by atoms with Gasteiger partial charge in [-0.15, -0.1) is 0 Å². The predicted molar refractivity (Wildman–Crippen MR) is 94.3 cm³/mol. The van der Waals surface area contributed by atoms with Crippen LogP contribution in [0.1, 0.15) is 117 Å². The lowest BCUT2D eigenvalue weighted by molar-refractivity contribution is 0.468. The van der Waals surface area contributed by atoms with Gasteiger partial charge in [0.2, 0.25) is 0 Å². The molecule has 0 radical (unpaired) electrons. The van der Waals surface area contributed by atoms with E-state index in [-0.39, 0.29) is 0 Å². The van der Waals surface area contributed by atoms with Gasteiger partial charge in [0.05, 0.1) is 6.07 Å². The molecule has 0 rings (SSSR count). The first kappa shape index (κ1) is 20.5. The monoisotopic (exact) mass is 293 g/mol. The van der Waals surface area contributed by atoms with Crippen LogP contribution in [0, 0.1) is 17.2 Å². The van der Waals surface area contributed by atoms with E-state index in [1.807, 2.05) is 0 Å². The van der Waals surface area contributed by atoms with Gasteiger partial charge in [0, 0.05) is 6.42 Å². The number of nitrogens with zero attached hydrogens (tertiary/aromatic N) is 1. The molecule has 0 aliphatic rings. The van der Waals surface area contributed by atoms with Crippen LogP contribution >= 0.6 is 0 Å². The maximum Gasteiger partial charge on any atom is 0.0621 e. The Morgan fingerprint density at radius 3 is 1.43 bits per heavy atom. The zero-order valence-corrected chi connectivity index (χ0v) is 14.8. The topological polar surface area (TPSA) is 23.8 Å². The van der Waals surface area contributed by atoms with Crippen molar-refractivity contribution < 1.29 is 0 Å². The standard InChI is InChI=1S/C20H39N/c1-3-20(2)18-16-14-12-10-8-6-4-5-7-9-11-13-15-17-19-21/h20H,3-18H2,1-2H3. The van der Waals surface area contributed by atoms with Crippen molar-refractivity contribution >= 4 is 0 Å². The molecule has 0 bridgehead atoms. The molecular weight excluding hydrogens is 254 g/mol. The van der Waals surface area contributed by atoms with Gasteiger partial charge in [0.1, 0.15) is 0 Å². The number of nitriles is 1. The molecule has 0 amide bonds. The third kappa shape index (κ3) is 17.4. The zero-order valence-electron chi connectivity index (χ0n) is 14.8. The van der Waals surface area contributed by atoms with Crippen molar-refractivity contribution in [3.8, 4) is 6.07 Å². The van der Waals surface area contributed by atoms with Crippen LogP contribution in [0.4, 0.5) is 0 Å². The first-order valence-corrected chi connectivity index (χ1v) is 9.68. The average molecular weight is 294 g/mol. The smallest absolute Gasteiger partial charge is 0.0621 e. The fraction of sp³-hybridized carbons (Fsp3) is 0.950. The van der Waals surface area contributed by atoms with Gasteiger partial charge in [-0.05, 0) is 12.3 Å². The predicted octanol–water partition coefficient (Wildman–Crippen LogP) is 7.41. The third-order valence-corrected chi connectivity index (χ3v) is 4.68. The summed E-state index contributed by atoms with van der Waals surface area (Å²) >= 11 is 0. The molecular formula is C20H39N. The van der Waals surface area contributed by atoms with Crippen molar-refractivity contribution in [1.29, 1.82) is 5.26 Å². The van der Waals surface area contributed by atoms with Gasteiger partial charge in [-0.3, -0.25) is 0 Å². The molecule has 0 saturated heterocycles. The summed E-state index contributed by atoms with van der Waals surface area (Å²) in [5.74, 6) is 0.935. The number of unbranched alkanes of at least 4 members (excludes halogenated alkanes) is 13. The van der Waals surface area contributed by atoms with E-state index in [1.54, 1.807) is 0 Å². The van der Waals surface area contributed by atoms with E-state index in [0.717, 1.165) is 18.8 Å². The van der Waals surface area contributed by atoms with E-state index >= 15 is 0 Å². The van der Waals surface area contributed by atoms with Crippen LogP contribution in [0.5, 0.6) is 0 Å². The second kappa shape index (κ2) is 17.5. The fourth-order valence-corrected chi connectivity index (χ4v) is 2.85. The maximum atomic E-state index is 8.44. The van der Waals surface area contributed by atoms with Crippen LogP contribution in [0.2, 0.25) is 0 Å². The summed E-state index contributed by atoms with van der Waals surface area (Å²) < 4.78 is 0. The molecule has 0 N–H and O–H groups in total. The molecule has 124 valence electrons. The molecule has 0 saturated carbocycles. The van der Waals surface area contributed by atoms with E-state index in [4.69, 9.17) is 5.26 Å². The van der Waals surface area contributed by atoms with E-state index in [9.17, 15) is 0 Å². The highest BCUT2D eigenvalue weighted by Gasteiger charge is 1.98. The molecule has 1 heteroatoms. The van der Waals surface area contributed by atoms with Crippen molar-refractivity contribution in [2.75, 3.05) is 0 Å². The minimum absolute atomic E-state index is 0.747. The normalized spacial score (nSPS) is 12.2. The Kier molecular flexibility index (Phi) is 17.1. The molecule has 0 aromatic rings. The van der Waals surface area contributed by atoms with E-state index in [1.165, 1.54) is 89.9 Å². The molecule has 1 unspecified atom stereocenters. The molecule has 1 nitrogen and oxygen atoms in total. The Labute approximate surface area is 134 Å². The minimum Gasteiger partial charge on any atom is -0.198 e. The van der Waals surface area contributed by atoms with Crippen molar-refractivity contribution in [3.63, 3.8) is 0 Å². The molecule has 0 aliphatic heterocycles. The number of rotatable bonds is 16. The van der Waals surface area contributed by atoms with Crippen molar-refractivity contribution in [3.05, 3.63) is 0 Å². The minimum atomic E-state index is 0.747. The second-order valence-electron chi connectivity index (χ2n) is 6.81. The third-order valence-electron chi connectivity index (χ3n) is 4.68. The van der Waals surface area contributed by atoms with Crippen LogP contribution in [0.25, 0.3) is 0 Å². The zero-order chi connectivity index (χ0) is 15.6. The summed E-state index contributed by atoms with van der Waals surface area (Å²) in [6, 6.07) is 2.22. The average Bonchev–Trinajstić information content (AvgIpc) is 2.50. The van der Waals surface area contributed by atoms with Crippen molar-refractivity contribution in [2.45, 2.75) is 117 Å². The van der Waals surface area contributed by atoms with E-state index in [2.05, 4.69) is 19.9 Å². The molecule has 0 spiro atoms. The van der Waals surface area contributed by atoms with Crippen molar-refractivity contribution in [2.24, 2.45) is 5.92 Å². The van der Waals surface area contributed by atoms with E-state index in [0.29, 0.717) is 0 Å². The van der Waals surface area contributed by atoms with Crippen LogP contribution in [-0.4, -0.2) is 0 Å². The summed E-state index contributed by atoms with van der Waals surface area (Å²) in [6.07, 6.45) is 21.6. The van der Waals surface area contributed by atoms with Gasteiger partial charge in [-0.2, -0.15) is 5.26 Å². The first-order valence-electron chi connectivity index (χ1n) is 9.68. The van der Waals surface area contributed by atoms with Gasteiger partial charge in [-0.25, -0.2) is 0 Å². The summed E-state index contributed by atoms with van der Waals surface area (Å²) in [7, 11) is 0. The Balaban J connectivity index is 2.98. The van der Waals surface area contributed by atoms with Gasteiger partial charge in [0.25, 0.3) is 0 Å². The number of hydrogen-bond donors (Lipinski definition) is 0. The van der Waals surface area contributed by atoms with Crippen LogP contribution in [0.15, 0.2) is 0 Å². The molecule has 21 heavy (non-hydrogen) atoms. The lowest BCUT2D eigenvalue weighted by atomic mass is 9.99.